The molecule has 0 atom stereocenters. The molecule has 0 radical (unpaired) electrons. The zero-order valence-electron chi connectivity index (χ0n) is 7.23. The third-order valence-corrected chi connectivity index (χ3v) is 1.59. The normalized spacial score (nSPS) is 10.7. The number of hydrogen-bond donors (Lipinski definition) is 2. The van der Waals surface area contributed by atoms with Crippen molar-refractivity contribution in [1.29, 1.82) is 5.41 Å². The Balaban J connectivity index is 0.00000196. The fourth-order valence-electron chi connectivity index (χ4n) is 0.910. The number of nitrogens with one attached hydrogen (secondary N) is 1. The second-order valence-electron chi connectivity index (χ2n) is 2.61. The quantitative estimate of drug-likeness (QED) is 0.444. The average Bonchev–Trinajstić information content (AvgIpc) is 2.01. The molecule has 1 aromatic carbocycles. The summed E-state index contributed by atoms with van der Waals surface area (Å²) in [5.74, 6) is -1.75. The van der Waals surface area contributed by atoms with Gasteiger partial charge < -0.3 is 5.73 Å². The van der Waals surface area contributed by atoms with Crippen LogP contribution in [0.3, 0.4) is 0 Å². The number of nitrogens with two attached hydrogens (primary N) is 1. The Kier molecular flexibility index (Phi) is 4.09. The van der Waals surface area contributed by atoms with Gasteiger partial charge >= 0.3 is 6.18 Å². The molecule has 1 aromatic rings. The van der Waals surface area contributed by atoms with Crippen LogP contribution in [0.2, 0.25) is 0 Å². The van der Waals surface area contributed by atoms with E-state index in [4.69, 9.17) is 11.1 Å². The van der Waals surface area contributed by atoms with Gasteiger partial charge in [-0.05, 0) is 18.2 Å². The van der Waals surface area contributed by atoms with Crippen molar-refractivity contribution < 1.29 is 17.6 Å². The Hall–Kier alpha value is -1.30. The smallest absolute Gasteiger partial charge is 0.384 e. The van der Waals surface area contributed by atoms with Crippen molar-refractivity contribution in [3.8, 4) is 0 Å². The summed E-state index contributed by atoms with van der Waals surface area (Å²) in [5.41, 5.74) is 3.50. The predicted molar refractivity (Wildman–Crippen MR) is 49.7 cm³/mol. The number of alkyl halides is 3. The lowest BCUT2D eigenvalue weighted by molar-refractivity contribution is -0.137. The molecule has 0 amide bonds. The number of amidine groups is 1. The molecule has 0 spiro atoms. The van der Waals surface area contributed by atoms with Crippen LogP contribution < -0.4 is 5.73 Å². The molecule has 1 rings (SSSR count). The molecule has 84 valence electrons. The second-order valence-corrected chi connectivity index (χ2v) is 2.61. The highest BCUT2D eigenvalue weighted by Crippen LogP contribution is 2.29. The molecule has 0 bridgehead atoms. The number of benzene rings is 1. The summed E-state index contributed by atoms with van der Waals surface area (Å²) >= 11 is 0. The van der Waals surface area contributed by atoms with Crippen molar-refractivity contribution in [2.45, 2.75) is 6.18 Å². The molecular formula is C8H7ClF4N2. The largest absolute Gasteiger partial charge is 0.416 e. The highest BCUT2D eigenvalue weighted by Gasteiger charge is 2.31. The Morgan fingerprint density at radius 2 is 1.80 bits per heavy atom. The minimum absolute atomic E-state index is 0. The highest BCUT2D eigenvalue weighted by molar-refractivity contribution is 5.95. The summed E-state index contributed by atoms with van der Waals surface area (Å²) in [7, 11) is 0. The van der Waals surface area contributed by atoms with Gasteiger partial charge in [0.25, 0.3) is 0 Å². The molecule has 0 fully saturated rings. The van der Waals surface area contributed by atoms with Crippen molar-refractivity contribution in [1.82, 2.24) is 0 Å². The molecule has 0 aliphatic heterocycles. The minimum Gasteiger partial charge on any atom is -0.384 e. The summed E-state index contributed by atoms with van der Waals surface area (Å²) in [5, 5.41) is 6.86. The van der Waals surface area contributed by atoms with E-state index in [2.05, 4.69) is 0 Å². The fraction of sp³-hybridized carbons (Fsp3) is 0.125. The van der Waals surface area contributed by atoms with Crippen molar-refractivity contribution in [2.75, 3.05) is 0 Å². The van der Waals surface area contributed by atoms with Crippen LogP contribution in [-0.4, -0.2) is 5.84 Å². The third-order valence-electron chi connectivity index (χ3n) is 1.59. The molecule has 0 aromatic heterocycles. The van der Waals surface area contributed by atoms with Crippen LogP contribution in [-0.2, 0) is 6.18 Å². The van der Waals surface area contributed by atoms with E-state index in [0.29, 0.717) is 12.1 Å². The summed E-state index contributed by atoms with van der Waals surface area (Å²) in [4.78, 5) is 0. The van der Waals surface area contributed by atoms with E-state index >= 15 is 0 Å². The summed E-state index contributed by atoms with van der Waals surface area (Å²) in [6, 6.07) is 1.83. The van der Waals surface area contributed by atoms with Crippen LogP contribution in [0.4, 0.5) is 17.6 Å². The number of halogens is 5. The zero-order chi connectivity index (χ0) is 10.9. The molecule has 0 saturated heterocycles. The standard InChI is InChI=1S/C8H6F4N2.ClH/c9-6-3-4(8(10,11)12)1-2-5(6)7(13)14;/h1-3H,(H3,13,14);1H. The van der Waals surface area contributed by atoms with E-state index in [1.807, 2.05) is 0 Å². The molecule has 0 heterocycles. The maximum Gasteiger partial charge on any atom is 0.416 e. The zero-order valence-corrected chi connectivity index (χ0v) is 8.05. The molecular weight excluding hydrogens is 236 g/mol. The summed E-state index contributed by atoms with van der Waals surface area (Å²) in [6.07, 6.45) is -4.59. The fourth-order valence-corrected chi connectivity index (χ4v) is 0.910. The number of hydrogen-bond acceptors (Lipinski definition) is 1. The van der Waals surface area contributed by atoms with Gasteiger partial charge in [0.2, 0.25) is 0 Å². The lowest BCUT2D eigenvalue weighted by Gasteiger charge is -2.07. The number of nitrogen functional groups attached to an aromatic ring is 1. The van der Waals surface area contributed by atoms with Crippen molar-refractivity contribution in [3.05, 3.63) is 35.1 Å². The van der Waals surface area contributed by atoms with Gasteiger partial charge in [-0.15, -0.1) is 12.4 Å². The van der Waals surface area contributed by atoms with Crippen molar-refractivity contribution >= 4 is 18.2 Å². The Labute approximate surface area is 89.0 Å². The topological polar surface area (TPSA) is 49.9 Å². The molecule has 0 aliphatic rings. The first-order valence-corrected chi connectivity index (χ1v) is 3.53. The van der Waals surface area contributed by atoms with Gasteiger partial charge in [0.05, 0.1) is 11.1 Å². The molecule has 3 N–H and O–H groups in total. The summed E-state index contributed by atoms with van der Waals surface area (Å²) in [6.45, 7) is 0. The van der Waals surface area contributed by atoms with Gasteiger partial charge in [0.15, 0.2) is 0 Å². The van der Waals surface area contributed by atoms with Crippen LogP contribution in [0, 0.1) is 11.2 Å². The third kappa shape index (κ3) is 3.09. The number of rotatable bonds is 1. The molecule has 0 saturated carbocycles. The first kappa shape index (κ1) is 13.7. The average molecular weight is 243 g/mol. The van der Waals surface area contributed by atoms with Crippen molar-refractivity contribution in [3.63, 3.8) is 0 Å². The molecule has 15 heavy (non-hydrogen) atoms. The second kappa shape index (κ2) is 4.48. The maximum absolute atomic E-state index is 12.9. The highest BCUT2D eigenvalue weighted by atomic mass is 35.5. The Bertz CT molecular complexity index is 375. The minimum atomic E-state index is -4.59. The van der Waals surface area contributed by atoms with Gasteiger partial charge in [-0.3, -0.25) is 5.41 Å². The SMILES string of the molecule is Cl.N=C(N)c1ccc(C(F)(F)F)cc1F. The Morgan fingerprint density at radius 1 is 1.27 bits per heavy atom. The van der Waals surface area contributed by atoms with E-state index in [9.17, 15) is 17.6 Å². The van der Waals surface area contributed by atoms with Crippen LogP contribution in [0.1, 0.15) is 11.1 Å². The van der Waals surface area contributed by atoms with Gasteiger partial charge in [-0.1, -0.05) is 0 Å². The molecule has 7 heteroatoms. The van der Waals surface area contributed by atoms with Crippen LogP contribution in [0.15, 0.2) is 18.2 Å². The predicted octanol–water partition coefficient (Wildman–Crippen LogP) is 2.55. The van der Waals surface area contributed by atoms with Gasteiger partial charge in [-0.25, -0.2) is 4.39 Å². The first-order valence-electron chi connectivity index (χ1n) is 3.53. The van der Waals surface area contributed by atoms with Crippen molar-refractivity contribution in [2.24, 2.45) is 5.73 Å². The van der Waals surface area contributed by atoms with Gasteiger partial charge in [0.1, 0.15) is 11.7 Å². The molecule has 0 unspecified atom stereocenters. The van der Waals surface area contributed by atoms with Crippen LogP contribution >= 0.6 is 12.4 Å². The lowest BCUT2D eigenvalue weighted by Crippen LogP contribution is -2.14. The monoisotopic (exact) mass is 242 g/mol. The van der Waals surface area contributed by atoms with E-state index in [-0.39, 0.29) is 18.0 Å². The van der Waals surface area contributed by atoms with E-state index in [1.54, 1.807) is 0 Å². The summed E-state index contributed by atoms with van der Waals surface area (Å²) < 4.78 is 49.1. The first-order chi connectivity index (χ1) is 6.32. The lowest BCUT2D eigenvalue weighted by atomic mass is 10.1. The van der Waals surface area contributed by atoms with E-state index in [0.717, 1.165) is 6.07 Å². The van der Waals surface area contributed by atoms with Crippen LogP contribution in [0.5, 0.6) is 0 Å². The van der Waals surface area contributed by atoms with Gasteiger partial charge in [-0.2, -0.15) is 13.2 Å². The van der Waals surface area contributed by atoms with Gasteiger partial charge in [0, 0.05) is 0 Å². The Morgan fingerprint density at radius 3 is 2.13 bits per heavy atom. The van der Waals surface area contributed by atoms with E-state index < -0.39 is 23.4 Å². The van der Waals surface area contributed by atoms with E-state index in [1.165, 1.54) is 0 Å². The van der Waals surface area contributed by atoms with Crippen LogP contribution in [0.25, 0.3) is 0 Å². The molecule has 0 aliphatic carbocycles. The maximum atomic E-state index is 12.9. The molecule has 2 nitrogen and oxygen atoms in total.